The predicted molar refractivity (Wildman–Crippen MR) is 90.5 cm³/mol. The van der Waals surface area contributed by atoms with Crippen LogP contribution in [-0.2, 0) is 17.8 Å². The summed E-state index contributed by atoms with van der Waals surface area (Å²) in [6.45, 7) is 3.80. The third kappa shape index (κ3) is 2.94. The zero-order valence-corrected chi connectivity index (χ0v) is 13.5. The minimum Gasteiger partial charge on any atom is -0.354 e. The predicted octanol–water partition coefficient (Wildman–Crippen LogP) is 0.511. The van der Waals surface area contributed by atoms with Gasteiger partial charge in [0.05, 0.1) is 5.69 Å². The lowest BCUT2D eigenvalue weighted by molar-refractivity contribution is -0.120. The summed E-state index contributed by atoms with van der Waals surface area (Å²) in [5, 5.41) is 6.30. The van der Waals surface area contributed by atoms with Crippen LogP contribution in [-0.4, -0.2) is 47.0 Å². The van der Waals surface area contributed by atoms with Crippen LogP contribution >= 0.6 is 0 Å². The average Bonchev–Trinajstić information content (AvgIpc) is 2.86. The van der Waals surface area contributed by atoms with Gasteiger partial charge in [0.1, 0.15) is 5.82 Å². The first-order valence-electron chi connectivity index (χ1n) is 8.34. The summed E-state index contributed by atoms with van der Waals surface area (Å²) in [5.41, 5.74) is 3.17. The Morgan fingerprint density at radius 1 is 1.12 bits per heavy atom. The van der Waals surface area contributed by atoms with Crippen LogP contribution in [0.1, 0.15) is 17.7 Å². The number of anilines is 1. The van der Waals surface area contributed by atoms with E-state index in [2.05, 4.69) is 20.5 Å². The molecule has 2 aliphatic rings. The molecular weight excluding hydrogens is 304 g/mol. The lowest BCUT2D eigenvalue weighted by Gasteiger charge is -2.27. The standard InChI is InChI=1S/C17H20N6O/c24-15-4-8-23(9-7-20-15)17-13-3-6-19-11-14(13)21-16(22-17)12-2-1-5-18-10-12/h1-2,5,10,19H,3-4,6-9,11H2,(H,20,24). The van der Waals surface area contributed by atoms with E-state index in [1.807, 2.05) is 12.1 Å². The molecule has 124 valence electrons. The van der Waals surface area contributed by atoms with Gasteiger partial charge in [0.15, 0.2) is 5.82 Å². The zero-order chi connectivity index (χ0) is 16.4. The summed E-state index contributed by atoms with van der Waals surface area (Å²) >= 11 is 0. The van der Waals surface area contributed by atoms with Gasteiger partial charge in [-0.25, -0.2) is 9.97 Å². The number of hydrogen-bond donors (Lipinski definition) is 2. The van der Waals surface area contributed by atoms with Crippen molar-refractivity contribution in [2.75, 3.05) is 31.1 Å². The molecule has 0 atom stereocenters. The summed E-state index contributed by atoms with van der Waals surface area (Å²) in [7, 11) is 0. The van der Waals surface area contributed by atoms with Crippen LogP contribution < -0.4 is 15.5 Å². The van der Waals surface area contributed by atoms with Crippen molar-refractivity contribution in [1.29, 1.82) is 0 Å². The molecule has 1 fully saturated rings. The van der Waals surface area contributed by atoms with Gasteiger partial charge in [-0.1, -0.05) is 0 Å². The minimum atomic E-state index is 0.106. The van der Waals surface area contributed by atoms with Crippen molar-refractivity contribution in [2.45, 2.75) is 19.4 Å². The van der Waals surface area contributed by atoms with E-state index in [1.165, 1.54) is 5.56 Å². The average molecular weight is 324 g/mol. The number of carbonyl (C=O) groups excluding carboxylic acids is 1. The van der Waals surface area contributed by atoms with Gasteiger partial charge in [-0.15, -0.1) is 0 Å². The molecule has 0 bridgehead atoms. The van der Waals surface area contributed by atoms with Crippen LogP contribution in [0.15, 0.2) is 24.5 Å². The Balaban J connectivity index is 1.77. The Kier molecular flexibility index (Phi) is 4.08. The second-order valence-corrected chi connectivity index (χ2v) is 6.05. The normalized spacial score (nSPS) is 17.8. The highest BCUT2D eigenvalue weighted by Gasteiger charge is 2.23. The molecule has 7 nitrogen and oxygen atoms in total. The molecule has 0 aromatic carbocycles. The summed E-state index contributed by atoms with van der Waals surface area (Å²) in [6, 6.07) is 3.87. The van der Waals surface area contributed by atoms with Gasteiger partial charge in [0, 0.05) is 56.1 Å². The smallest absolute Gasteiger partial charge is 0.221 e. The van der Waals surface area contributed by atoms with Gasteiger partial charge in [-0.05, 0) is 25.1 Å². The Hall–Kier alpha value is -2.54. The zero-order valence-electron chi connectivity index (χ0n) is 13.5. The van der Waals surface area contributed by atoms with Crippen LogP contribution in [0.4, 0.5) is 5.82 Å². The number of fused-ring (bicyclic) bond motifs is 1. The highest BCUT2D eigenvalue weighted by molar-refractivity contribution is 5.77. The van der Waals surface area contributed by atoms with Crippen molar-refractivity contribution in [3.8, 4) is 11.4 Å². The molecule has 7 heteroatoms. The van der Waals surface area contributed by atoms with Crippen LogP contribution in [0.5, 0.6) is 0 Å². The quantitative estimate of drug-likeness (QED) is 0.837. The van der Waals surface area contributed by atoms with E-state index in [0.717, 1.165) is 43.1 Å². The van der Waals surface area contributed by atoms with E-state index < -0.39 is 0 Å². The maximum Gasteiger partial charge on any atom is 0.221 e. The Labute approximate surface area is 140 Å². The highest BCUT2D eigenvalue weighted by Crippen LogP contribution is 2.27. The van der Waals surface area contributed by atoms with Crippen molar-refractivity contribution in [3.05, 3.63) is 35.8 Å². The first-order chi connectivity index (χ1) is 11.8. The molecule has 1 saturated heterocycles. The lowest BCUT2D eigenvalue weighted by Crippen LogP contribution is -2.33. The number of amides is 1. The molecule has 4 rings (SSSR count). The summed E-state index contributed by atoms with van der Waals surface area (Å²) < 4.78 is 0. The molecular formula is C17H20N6O. The molecule has 0 spiro atoms. The number of carbonyl (C=O) groups is 1. The van der Waals surface area contributed by atoms with Crippen molar-refractivity contribution in [1.82, 2.24) is 25.6 Å². The van der Waals surface area contributed by atoms with Gasteiger partial charge < -0.3 is 15.5 Å². The second kappa shape index (κ2) is 6.52. The number of hydrogen-bond acceptors (Lipinski definition) is 6. The van der Waals surface area contributed by atoms with Crippen LogP contribution in [0.3, 0.4) is 0 Å². The minimum absolute atomic E-state index is 0.106. The molecule has 0 aliphatic carbocycles. The van der Waals surface area contributed by atoms with Gasteiger partial charge >= 0.3 is 0 Å². The van der Waals surface area contributed by atoms with Gasteiger partial charge in [0.25, 0.3) is 0 Å². The monoisotopic (exact) mass is 324 g/mol. The largest absolute Gasteiger partial charge is 0.354 e. The fourth-order valence-electron chi connectivity index (χ4n) is 3.20. The summed E-state index contributed by atoms with van der Waals surface area (Å²) in [6.07, 6.45) is 4.95. The van der Waals surface area contributed by atoms with E-state index in [0.29, 0.717) is 25.3 Å². The van der Waals surface area contributed by atoms with Crippen LogP contribution in [0.2, 0.25) is 0 Å². The Morgan fingerprint density at radius 3 is 2.96 bits per heavy atom. The molecule has 2 aromatic rings. The third-order valence-electron chi connectivity index (χ3n) is 4.45. The third-order valence-corrected chi connectivity index (χ3v) is 4.45. The maximum absolute atomic E-state index is 11.6. The number of nitrogens with one attached hydrogen (secondary N) is 2. The van der Waals surface area contributed by atoms with Crippen molar-refractivity contribution >= 4 is 11.7 Å². The van der Waals surface area contributed by atoms with Crippen LogP contribution in [0.25, 0.3) is 11.4 Å². The van der Waals surface area contributed by atoms with E-state index in [4.69, 9.17) is 9.97 Å². The van der Waals surface area contributed by atoms with Crippen molar-refractivity contribution < 1.29 is 4.79 Å². The molecule has 4 heterocycles. The first-order valence-corrected chi connectivity index (χ1v) is 8.34. The fourth-order valence-corrected chi connectivity index (χ4v) is 3.20. The van der Waals surface area contributed by atoms with Crippen molar-refractivity contribution in [2.24, 2.45) is 0 Å². The molecule has 0 unspecified atom stereocenters. The molecule has 1 amide bonds. The number of rotatable bonds is 2. The second-order valence-electron chi connectivity index (χ2n) is 6.05. The molecule has 2 aliphatic heterocycles. The molecule has 2 N–H and O–H groups in total. The van der Waals surface area contributed by atoms with E-state index in [9.17, 15) is 4.79 Å². The number of nitrogens with zero attached hydrogens (tertiary/aromatic N) is 4. The van der Waals surface area contributed by atoms with Crippen molar-refractivity contribution in [3.63, 3.8) is 0 Å². The first kappa shape index (κ1) is 15.0. The number of aromatic nitrogens is 3. The molecule has 0 radical (unpaired) electrons. The molecule has 2 aromatic heterocycles. The fraction of sp³-hybridized carbons (Fsp3) is 0.412. The highest BCUT2D eigenvalue weighted by atomic mass is 16.1. The van der Waals surface area contributed by atoms with Gasteiger partial charge in [0.2, 0.25) is 5.91 Å². The Morgan fingerprint density at radius 2 is 2.08 bits per heavy atom. The SMILES string of the molecule is O=C1CCN(c2nc(-c3cccnc3)nc3c2CCNC3)CCN1. The van der Waals surface area contributed by atoms with E-state index >= 15 is 0 Å². The topological polar surface area (TPSA) is 83.0 Å². The summed E-state index contributed by atoms with van der Waals surface area (Å²) in [4.78, 5) is 27.6. The van der Waals surface area contributed by atoms with Gasteiger partial charge in [-0.2, -0.15) is 0 Å². The lowest BCUT2D eigenvalue weighted by atomic mass is 10.1. The van der Waals surface area contributed by atoms with Crippen LogP contribution in [0, 0.1) is 0 Å². The summed E-state index contributed by atoms with van der Waals surface area (Å²) in [5.74, 6) is 1.77. The van der Waals surface area contributed by atoms with E-state index in [-0.39, 0.29) is 5.91 Å². The number of pyridine rings is 1. The molecule has 0 saturated carbocycles. The Bertz CT molecular complexity index is 748. The van der Waals surface area contributed by atoms with Gasteiger partial charge in [-0.3, -0.25) is 9.78 Å². The maximum atomic E-state index is 11.6. The molecule has 24 heavy (non-hydrogen) atoms. The van der Waals surface area contributed by atoms with E-state index in [1.54, 1.807) is 12.4 Å².